The van der Waals surface area contributed by atoms with E-state index in [0.29, 0.717) is 42.6 Å². The molecule has 4 heterocycles. The van der Waals surface area contributed by atoms with Crippen molar-refractivity contribution in [2.75, 3.05) is 11.4 Å². The van der Waals surface area contributed by atoms with Gasteiger partial charge in [-0.1, -0.05) is 0 Å². The fourth-order valence-corrected chi connectivity index (χ4v) is 4.70. The highest BCUT2D eigenvalue weighted by atomic mass is 16.6. The minimum Gasteiger partial charge on any atom is -0.455 e. The zero-order valence-electron chi connectivity index (χ0n) is 22.2. The van der Waals surface area contributed by atoms with Crippen LogP contribution in [0.1, 0.15) is 60.8 Å². The number of fused-ring (bicyclic) bond motifs is 1. The number of rotatable bonds is 4. The SMILES string of the molecule is CC(C)(C)OC(=O)N[C@@H]1C(=O)N2C(C(=O)OC(C)(C)C)=C(/C=C3\CCN(c4cccnc4)C3=O)CC[C@H]12. The van der Waals surface area contributed by atoms with Crippen molar-refractivity contribution in [3.8, 4) is 0 Å². The van der Waals surface area contributed by atoms with Crippen molar-refractivity contribution in [3.63, 3.8) is 0 Å². The summed E-state index contributed by atoms with van der Waals surface area (Å²) < 4.78 is 10.9. The maximum absolute atomic E-state index is 13.3. The number of pyridine rings is 1. The number of aromatic nitrogens is 1. The number of esters is 1. The van der Waals surface area contributed by atoms with E-state index in [1.807, 2.05) is 6.07 Å². The van der Waals surface area contributed by atoms with Crippen molar-refractivity contribution in [2.45, 2.75) is 84.1 Å². The fraction of sp³-hybridized carbons (Fsp3) is 0.519. The van der Waals surface area contributed by atoms with Crippen LogP contribution in [0.15, 0.2) is 47.4 Å². The first kappa shape index (κ1) is 26.4. The number of allylic oxidation sites excluding steroid dienone is 2. The molecule has 2 atom stereocenters. The lowest BCUT2D eigenvalue weighted by atomic mass is 9.83. The minimum absolute atomic E-state index is 0.124. The fourth-order valence-electron chi connectivity index (χ4n) is 4.70. The molecule has 198 valence electrons. The summed E-state index contributed by atoms with van der Waals surface area (Å²) in [5.74, 6) is -1.21. The normalized spacial score (nSPS) is 23.1. The molecule has 3 amide bonds. The standard InChI is InChI=1S/C27H34N4O6/c1-26(2,3)36-24(34)21-16(14-17-11-13-30(22(17)32)18-8-7-12-28-15-18)9-10-19-20(23(33)31(19)21)29-25(35)37-27(4,5)6/h7-8,12,14-15,19-20H,9-11,13H2,1-6H3,(H,29,35)/b17-14+/t19-,20+/m1/s1. The van der Waals surface area contributed by atoms with Crippen LogP contribution >= 0.6 is 0 Å². The predicted molar refractivity (Wildman–Crippen MR) is 135 cm³/mol. The number of nitrogens with one attached hydrogen (secondary N) is 1. The summed E-state index contributed by atoms with van der Waals surface area (Å²) in [5, 5.41) is 2.64. The van der Waals surface area contributed by atoms with Gasteiger partial charge in [-0.3, -0.25) is 19.5 Å². The smallest absolute Gasteiger partial charge is 0.408 e. The Morgan fingerprint density at radius 2 is 1.78 bits per heavy atom. The van der Waals surface area contributed by atoms with E-state index in [1.54, 1.807) is 71.0 Å². The van der Waals surface area contributed by atoms with Crippen molar-refractivity contribution in [1.29, 1.82) is 0 Å². The molecule has 1 N–H and O–H groups in total. The van der Waals surface area contributed by atoms with Gasteiger partial charge < -0.3 is 19.7 Å². The molecule has 0 saturated carbocycles. The highest BCUT2D eigenvalue weighted by Crippen LogP contribution is 2.39. The van der Waals surface area contributed by atoms with Gasteiger partial charge in [0.25, 0.3) is 11.8 Å². The Morgan fingerprint density at radius 3 is 2.41 bits per heavy atom. The van der Waals surface area contributed by atoms with Crippen LogP contribution in [0.25, 0.3) is 0 Å². The first-order valence-corrected chi connectivity index (χ1v) is 12.5. The average Bonchev–Trinajstić information content (AvgIpc) is 3.15. The minimum atomic E-state index is -0.796. The summed E-state index contributed by atoms with van der Waals surface area (Å²) >= 11 is 0. The van der Waals surface area contributed by atoms with Crippen molar-refractivity contribution < 1.29 is 28.7 Å². The highest BCUT2D eigenvalue weighted by molar-refractivity contribution is 6.09. The van der Waals surface area contributed by atoms with Crippen LogP contribution in [-0.4, -0.2) is 63.6 Å². The molecule has 0 bridgehead atoms. The monoisotopic (exact) mass is 510 g/mol. The van der Waals surface area contributed by atoms with Gasteiger partial charge in [0, 0.05) is 18.3 Å². The Morgan fingerprint density at radius 1 is 1.08 bits per heavy atom. The van der Waals surface area contributed by atoms with Gasteiger partial charge >= 0.3 is 12.1 Å². The highest BCUT2D eigenvalue weighted by Gasteiger charge is 2.54. The molecule has 0 aromatic carbocycles. The molecule has 0 spiro atoms. The molecule has 4 rings (SSSR count). The molecule has 0 unspecified atom stereocenters. The lowest BCUT2D eigenvalue weighted by molar-refractivity contribution is -0.161. The quantitative estimate of drug-likeness (QED) is 0.375. The Balaban J connectivity index is 1.62. The molecule has 10 nitrogen and oxygen atoms in total. The van der Waals surface area contributed by atoms with Crippen LogP contribution in [0.3, 0.4) is 0 Å². The van der Waals surface area contributed by atoms with Gasteiger partial charge in [-0.15, -0.1) is 0 Å². The summed E-state index contributed by atoms with van der Waals surface area (Å²) in [6.07, 6.45) is 5.76. The lowest BCUT2D eigenvalue weighted by Crippen LogP contribution is -2.72. The van der Waals surface area contributed by atoms with E-state index in [4.69, 9.17) is 9.47 Å². The molecule has 10 heteroatoms. The maximum Gasteiger partial charge on any atom is 0.408 e. The third-order valence-corrected chi connectivity index (χ3v) is 6.17. The topological polar surface area (TPSA) is 118 Å². The number of carbonyl (C=O) groups is 4. The van der Waals surface area contributed by atoms with Crippen LogP contribution in [0, 0.1) is 0 Å². The number of hydrogen-bond acceptors (Lipinski definition) is 7. The second-order valence-electron chi connectivity index (χ2n) is 11.4. The van der Waals surface area contributed by atoms with E-state index in [-0.39, 0.29) is 11.6 Å². The van der Waals surface area contributed by atoms with E-state index in [9.17, 15) is 19.2 Å². The van der Waals surface area contributed by atoms with Crippen LogP contribution in [0.5, 0.6) is 0 Å². The largest absolute Gasteiger partial charge is 0.455 e. The average molecular weight is 511 g/mol. The van der Waals surface area contributed by atoms with Gasteiger partial charge in [0.15, 0.2) is 0 Å². The number of ether oxygens (including phenoxy) is 2. The number of carbonyl (C=O) groups excluding carboxylic acids is 4. The van der Waals surface area contributed by atoms with Gasteiger partial charge in [-0.2, -0.15) is 0 Å². The molecular weight excluding hydrogens is 476 g/mol. The van der Waals surface area contributed by atoms with Crippen LogP contribution in [0.4, 0.5) is 10.5 Å². The third kappa shape index (κ3) is 5.68. The predicted octanol–water partition coefficient (Wildman–Crippen LogP) is 3.24. The Labute approximate surface area is 216 Å². The maximum atomic E-state index is 13.3. The summed E-state index contributed by atoms with van der Waals surface area (Å²) in [6, 6.07) is 2.39. The molecular formula is C27H34N4O6. The molecule has 2 fully saturated rings. The van der Waals surface area contributed by atoms with Crippen LogP contribution in [-0.2, 0) is 23.9 Å². The third-order valence-electron chi connectivity index (χ3n) is 6.17. The van der Waals surface area contributed by atoms with Crippen molar-refractivity contribution in [1.82, 2.24) is 15.2 Å². The molecule has 0 aliphatic carbocycles. The first-order valence-electron chi connectivity index (χ1n) is 12.5. The van der Waals surface area contributed by atoms with Crippen LogP contribution < -0.4 is 10.2 Å². The van der Waals surface area contributed by atoms with Gasteiger partial charge in [0.05, 0.1) is 17.9 Å². The number of hydrogen-bond donors (Lipinski definition) is 1. The van der Waals surface area contributed by atoms with E-state index in [2.05, 4.69) is 10.3 Å². The Bertz CT molecular complexity index is 1180. The number of amides is 3. The van der Waals surface area contributed by atoms with E-state index >= 15 is 0 Å². The lowest BCUT2D eigenvalue weighted by Gasteiger charge is -2.50. The zero-order valence-corrected chi connectivity index (χ0v) is 22.2. The summed E-state index contributed by atoms with van der Waals surface area (Å²) in [7, 11) is 0. The molecule has 2 saturated heterocycles. The molecule has 1 aromatic rings. The van der Waals surface area contributed by atoms with Gasteiger partial charge in [0.1, 0.15) is 22.9 Å². The number of β-lactam (4-membered cyclic amide) rings is 1. The van der Waals surface area contributed by atoms with Crippen molar-refractivity contribution in [3.05, 3.63) is 47.4 Å². The van der Waals surface area contributed by atoms with E-state index < -0.39 is 41.3 Å². The molecule has 0 radical (unpaired) electrons. The van der Waals surface area contributed by atoms with E-state index in [1.165, 1.54) is 4.90 Å². The van der Waals surface area contributed by atoms with Crippen LogP contribution in [0.2, 0.25) is 0 Å². The van der Waals surface area contributed by atoms with Crippen molar-refractivity contribution in [2.24, 2.45) is 0 Å². The van der Waals surface area contributed by atoms with Crippen molar-refractivity contribution >= 4 is 29.6 Å². The first-order chi connectivity index (χ1) is 17.2. The summed E-state index contributed by atoms with van der Waals surface area (Å²) in [4.78, 5) is 59.0. The van der Waals surface area contributed by atoms with E-state index in [0.717, 1.165) is 0 Å². The molecule has 37 heavy (non-hydrogen) atoms. The number of alkyl carbamates (subject to hydrolysis) is 1. The van der Waals surface area contributed by atoms with Gasteiger partial charge in [0.2, 0.25) is 0 Å². The van der Waals surface area contributed by atoms with Gasteiger partial charge in [-0.05, 0) is 84.6 Å². The summed E-state index contributed by atoms with van der Waals surface area (Å²) in [5.41, 5.74) is 0.466. The number of anilines is 1. The molecule has 3 aliphatic rings. The van der Waals surface area contributed by atoms with Gasteiger partial charge in [-0.25, -0.2) is 9.59 Å². The Hall–Kier alpha value is -3.69. The molecule has 1 aromatic heterocycles. The number of nitrogens with zero attached hydrogens (tertiary/aromatic N) is 3. The molecule has 3 aliphatic heterocycles. The Kier molecular flexibility index (Phi) is 6.87. The zero-order chi connectivity index (χ0) is 27.1. The second kappa shape index (κ2) is 9.64. The second-order valence-corrected chi connectivity index (χ2v) is 11.4. The summed E-state index contributed by atoms with van der Waals surface area (Å²) in [6.45, 7) is 11.0.